The van der Waals surface area contributed by atoms with E-state index in [0.29, 0.717) is 30.2 Å². The first-order chi connectivity index (χ1) is 14.1. The highest BCUT2D eigenvalue weighted by Crippen LogP contribution is 2.41. The summed E-state index contributed by atoms with van der Waals surface area (Å²) in [6, 6.07) is 11.6. The largest absolute Gasteiger partial charge is 0.493 e. The van der Waals surface area contributed by atoms with E-state index in [1.165, 1.54) is 0 Å². The molecule has 0 saturated carbocycles. The van der Waals surface area contributed by atoms with Crippen molar-refractivity contribution in [3.8, 4) is 23.0 Å². The minimum Gasteiger partial charge on any atom is -0.493 e. The van der Waals surface area contributed by atoms with E-state index in [4.69, 9.17) is 18.9 Å². The minimum atomic E-state index is -0.744. The Morgan fingerprint density at radius 1 is 1.07 bits per heavy atom. The molecule has 2 aromatic carbocycles. The van der Waals surface area contributed by atoms with Crippen molar-refractivity contribution in [3.63, 3.8) is 0 Å². The number of carboxylic acid groups (broad SMARTS) is 1. The molecule has 7 heteroatoms. The van der Waals surface area contributed by atoms with Gasteiger partial charge in [0.1, 0.15) is 0 Å². The first-order valence-corrected chi connectivity index (χ1v) is 9.69. The molecule has 0 radical (unpaired) electrons. The molecule has 2 aliphatic heterocycles. The number of carboxylic acids is 1. The van der Waals surface area contributed by atoms with Gasteiger partial charge in [-0.15, -0.1) is 0 Å². The molecule has 0 aromatic heterocycles. The first-order valence-electron chi connectivity index (χ1n) is 9.69. The molecule has 1 N–H and O–H groups in total. The number of fused-ring (bicyclic) bond motifs is 1. The van der Waals surface area contributed by atoms with Gasteiger partial charge in [-0.3, -0.25) is 9.69 Å². The van der Waals surface area contributed by atoms with Crippen LogP contribution in [0.4, 0.5) is 0 Å². The van der Waals surface area contributed by atoms with Crippen molar-refractivity contribution in [3.05, 3.63) is 47.5 Å². The molecule has 2 atom stereocenters. The van der Waals surface area contributed by atoms with Crippen LogP contribution in [0, 0.1) is 5.92 Å². The van der Waals surface area contributed by atoms with Crippen LogP contribution < -0.4 is 18.9 Å². The zero-order valence-corrected chi connectivity index (χ0v) is 16.6. The third-order valence-electron chi connectivity index (χ3n) is 5.60. The Bertz CT molecular complexity index is 899. The highest BCUT2D eigenvalue weighted by molar-refractivity contribution is 5.70. The van der Waals surface area contributed by atoms with Crippen molar-refractivity contribution < 1.29 is 28.8 Å². The van der Waals surface area contributed by atoms with Gasteiger partial charge < -0.3 is 24.1 Å². The van der Waals surface area contributed by atoms with E-state index >= 15 is 0 Å². The Labute approximate surface area is 169 Å². The predicted molar refractivity (Wildman–Crippen MR) is 106 cm³/mol. The lowest BCUT2D eigenvalue weighted by Crippen LogP contribution is -2.41. The zero-order chi connectivity index (χ0) is 20.4. The van der Waals surface area contributed by atoms with Crippen LogP contribution in [0.2, 0.25) is 0 Å². The number of hydrogen-bond acceptors (Lipinski definition) is 6. The number of hydrogen-bond donors (Lipinski definition) is 1. The van der Waals surface area contributed by atoms with Crippen LogP contribution in [0.5, 0.6) is 23.0 Å². The number of likely N-dealkylation sites (tertiary alicyclic amines) is 1. The molecule has 0 amide bonds. The fraction of sp³-hybridized carbons (Fsp3) is 0.409. The summed E-state index contributed by atoms with van der Waals surface area (Å²) >= 11 is 0. The average molecular weight is 399 g/mol. The van der Waals surface area contributed by atoms with E-state index in [2.05, 4.69) is 4.90 Å². The summed E-state index contributed by atoms with van der Waals surface area (Å²) in [6.45, 7) is 1.52. The van der Waals surface area contributed by atoms with Crippen molar-refractivity contribution in [1.82, 2.24) is 4.90 Å². The monoisotopic (exact) mass is 399 g/mol. The Balaban J connectivity index is 1.76. The molecule has 0 aliphatic carbocycles. The van der Waals surface area contributed by atoms with Gasteiger partial charge in [0.2, 0.25) is 6.79 Å². The van der Waals surface area contributed by atoms with Gasteiger partial charge in [-0.1, -0.05) is 12.1 Å². The SMILES string of the molecule is COc1ccc(C(c2ccc3c(c2)OCO3)N2CCCC(C(=O)O)C2)cc1OC. The second-order valence-corrected chi connectivity index (χ2v) is 7.30. The molecule has 2 heterocycles. The fourth-order valence-electron chi connectivity index (χ4n) is 4.16. The summed E-state index contributed by atoms with van der Waals surface area (Å²) in [5.41, 5.74) is 2.03. The minimum absolute atomic E-state index is 0.133. The topological polar surface area (TPSA) is 77.5 Å². The van der Waals surface area contributed by atoms with Crippen LogP contribution in [-0.2, 0) is 4.79 Å². The quantitative estimate of drug-likeness (QED) is 0.798. The molecule has 4 rings (SSSR count). The number of benzene rings is 2. The van der Waals surface area contributed by atoms with Crippen molar-refractivity contribution >= 4 is 5.97 Å². The summed E-state index contributed by atoms with van der Waals surface area (Å²) < 4.78 is 21.9. The van der Waals surface area contributed by atoms with Crippen molar-refractivity contribution in [2.45, 2.75) is 18.9 Å². The lowest BCUT2D eigenvalue weighted by molar-refractivity contribution is -0.143. The van der Waals surface area contributed by atoms with Crippen LogP contribution in [0.25, 0.3) is 0 Å². The first kappa shape index (κ1) is 19.4. The second-order valence-electron chi connectivity index (χ2n) is 7.30. The smallest absolute Gasteiger partial charge is 0.307 e. The summed E-state index contributed by atoms with van der Waals surface area (Å²) in [7, 11) is 3.22. The number of aliphatic carboxylic acids is 1. The molecule has 2 aliphatic rings. The molecule has 1 fully saturated rings. The Morgan fingerprint density at radius 2 is 1.79 bits per heavy atom. The van der Waals surface area contributed by atoms with Gasteiger partial charge in [-0.25, -0.2) is 0 Å². The van der Waals surface area contributed by atoms with E-state index in [1.807, 2.05) is 36.4 Å². The summed E-state index contributed by atoms with van der Waals surface area (Å²) in [4.78, 5) is 13.9. The second kappa shape index (κ2) is 8.21. The maximum absolute atomic E-state index is 11.6. The average Bonchev–Trinajstić information content (AvgIpc) is 3.22. The van der Waals surface area contributed by atoms with Crippen LogP contribution in [-0.4, -0.2) is 50.1 Å². The van der Waals surface area contributed by atoms with Crippen LogP contribution in [0.3, 0.4) is 0 Å². The Morgan fingerprint density at radius 3 is 2.55 bits per heavy atom. The number of piperidine rings is 1. The third-order valence-corrected chi connectivity index (χ3v) is 5.60. The van der Waals surface area contributed by atoms with E-state index in [0.717, 1.165) is 29.8 Å². The molecule has 0 bridgehead atoms. The van der Waals surface area contributed by atoms with Gasteiger partial charge in [-0.2, -0.15) is 0 Å². The van der Waals surface area contributed by atoms with Gasteiger partial charge in [-0.05, 0) is 54.8 Å². The lowest BCUT2D eigenvalue weighted by Gasteiger charge is -2.37. The summed E-state index contributed by atoms with van der Waals surface area (Å²) in [6.07, 6.45) is 1.54. The summed E-state index contributed by atoms with van der Waals surface area (Å²) in [5.74, 6) is 1.61. The fourth-order valence-corrected chi connectivity index (χ4v) is 4.16. The molecule has 154 valence electrons. The van der Waals surface area contributed by atoms with E-state index in [-0.39, 0.29) is 18.8 Å². The number of carbonyl (C=O) groups is 1. The van der Waals surface area contributed by atoms with Crippen molar-refractivity contribution in [1.29, 1.82) is 0 Å². The van der Waals surface area contributed by atoms with E-state index in [1.54, 1.807) is 14.2 Å². The number of rotatable bonds is 6. The van der Waals surface area contributed by atoms with Crippen LogP contribution in [0.1, 0.15) is 30.0 Å². The van der Waals surface area contributed by atoms with Gasteiger partial charge in [0, 0.05) is 6.54 Å². The predicted octanol–water partition coefficient (Wildman–Crippen LogP) is 3.32. The number of methoxy groups -OCH3 is 2. The molecule has 2 aromatic rings. The zero-order valence-electron chi connectivity index (χ0n) is 16.6. The molecule has 1 saturated heterocycles. The standard InChI is InChI=1S/C22H25NO6/c1-26-17-7-5-14(10-19(17)27-2)21(23-9-3-4-16(12-23)22(24)25)15-6-8-18-20(11-15)29-13-28-18/h5-8,10-11,16,21H,3-4,9,12-13H2,1-2H3,(H,24,25). The van der Waals surface area contributed by atoms with E-state index < -0.39 is 5.97 Å². The normalized spacial score (nSPS) is 19.6. The number of ether oxygens (including phenoxy) is 4. The Kier molecular flexibility index (Phi) is 5.49. The van der Waals surface area contributed by atoms with Gasteiger partial charge in [0.25, 0.3) is 0 Å². The molecule has 0 spiro atoms. The molecule has 29 heavy (non-hydrogen) atoms. The number of nitrogens with zero attached hydrogens (tertiary/aromatic N) is 1. The highest BCUT2D eigenvalue weighted by atomic mass is 16.7. The molecule has 2 unspecified atom stereocenters. The lowest BCUT2D eigenvalue weighted by atomic mass is 9.91. The van der Waals surface area contributed by atoms with Crippen LogP contribution >= 0.6 is 0 Å². The third kappa shape index (κ3) is 3.82. The van der Waals surface area contributed by atoms with Crippen LogP contribution in [0.15, 0.2) is 36.4 Å². The van der Waals surface area contributed by atoms with Crippen molar-refractivity contribution in [2.24, 2.45) is 5.92 Å². The Hall–Kier alpha value is -2.93. The van der Waals surface area contributed by atoms with Gasteiger partial charge in [0.05, 0.1) is 26.2 Å². The molecule has 7 nitrogen and oxygen atoms in total. The summed E-state index contributed by atoms with van der Waals surface area (Å²) in [5, 5.41) is 9.56. The maximum atomic E-state index is 11.6. The van der Waals surface area contributed by atoms with E-state index in [9.17, 15) is 9.90 Å². The van der Waals surface area contributed by atoms with Crippen molar-refractivity contribution in [2.75, 3.05) is 34.1 Å². The highest BCUT2D eigenvalue weighted by Gasteiger charge is 2.32. The maximum Gasteiger partial charge on any atom is 0.307 e. The molecular formula is C22H25NO6. The van der Waals surface area contributed by atoms with Gasteiger partial charge >= 0.3 is 5.97 Å². The van der Waals surface area contributed by atoms with Gasteiger partial charge in [0.15, 0.2) is 23.0 Å². The molecular weight excluding hydrogens is 374 g/mol.